The normalized spacial score (nSPS) is 21.8. The van der Waals surface area contributed by atoms with Crippen molar-refractivity contribution in [3.63, 3.8) is 0 Å². The molecule has 0 saturated carbocycles. The quantitative estimate of drug-likeness (QED) is 0.783. The van der Waals surface area contributed by atoms with Crippen LogP contribution in [0.5, 0.6) is 0 Å². The van der Waals surface area contributed by atoms with Gasteiger partial charge in [0.2, 0.25) is 0 Å². The lowest BCUT2D eigenvalue weighted by molar-refractivity contribution is -0.178. The van der Waals surface area contributed by atoms with Crippen molar-refractivity contribution in [1.29, 1.82) is 0 Å². The molecular formula is C18H17F3N2O5S. The molecule has 0 bridgehead atoms. The van der Waals surface area contributed by atoms with Gasteiger partial charge in [-0.15, -0.1) is 0 Å². The lowest BCUT2D eigenvalue weighted by Gasteiger charge is -2.38. The monoisotopic (exact) mass is 430 g/mol. The second kappa shape index (κ2) is 6.92. The molecule has 1 N–H and O–H groups in total. The number of carboxylic acid groups (broad SMARTS) is 1. The van der Waals surface area contributed by atoms with Crippen LogP contribution in [0.3, 0.4) is 0 Å². The highest BCUT2D eigenvalue weighted by atomic mass is 32.1. The average molecular weight is 430 g/mol. The Morgan fingerprint density at radius 3 is 2.59 bits per heavy atom. The van der Waals surface area contributed by atoms with Crippen LogP contribution in [0.2, 0.25) is 0 Å². The van der Waals surface area contributed by atoms with Gasteiger partial charge in [0.25, 0.3) is 5.56 Å². The summed E-state index contributed by atoms with van der Waals surface area (Å²) >= 11 is 0.898. The number of anilines is 1. The number of carboxylic acids is 1. The predicted octanol–water partition coefficient (Wildman–Crippen LogP) is 3.11. The third kappa shape index (κ3) is 3.69. The minimum Gasteiger partial charge on any atom is -0.478 e. The van der Waals surface area contributed by atoms with Gasteiger partial charge in [-0.3, -0.25) is 4.79 Å². The Kier molecular flexibility index (Phi) is 4.79. The largest absolute Gasteiger partial charge is 0.478 e. The minimum absolute atomic E-state index is 0.00245. The van der Waals surface area contributed by atoms with Crippen LogP contribution >= 0.6 is 11.3 Å². The molecule has 156 valence electrons. The number of piperidine rings is 1. The topological polar surface area (TPSA) is 89.0 Å². The van der Waals surface area contributed by atoms with Gasteiger partial charge in [0.05, 0.1) is 33.9 Å². The number of ether oxygens (including phenoxy) is 2. The van der Waals surface area contributed by atoms with Gasteiger partial charge in [-0.1, -0.05) is 11.3 Å². The molecule has 2 fully saturated rings. The Morgan fingerprint density at radius 2 is 2.03 bits per heavy atom. The zero-order chi connectivity index (χ0) is 21.0. The van der Waals surface area contributed by atoms with Crippen molar-refractivity contribution in [3.05, 3.63) is 33.6 Å². The van der Waals surface area contributed by atoms with Crippen molar-refractivity contribution in [2.75, 3.05) is 24.6 Å². The zero-order valence-electron chi connectivity index (χ0n) is 15.3. The maximum Gasteiger partial charge on any atom is 0.416 e. The van der Waals surface area contributed by atoms with Gasteiger partial charge in [-0.2, -0.15) is 18.2 Å². The summed E-state index contributed by atoms with van der Waals surface area (Å²) in [5.41, 5.74) is -2.64. The lowest BCUT2D eigenvalue weighted by Crippen LogP contribution is -2.45. The van der Waals surface area contributed by atoms with Crippen LogP contribution in [-0.2, 0) is 15.7 Å². The fourth-order valence-electron chi connectivity index (χ4n) is 3.62. The van der Waals surface area contributed by atoms with Crippen LogP contribution in [0.1, 0.15) is 35.7 Å². The van der Waals surface area contributed by atoms with Crippen molar-refractivity contribution in [3.8, 4) is 0 Å². The van der Waals surface area contributed by atoms with Gasteiger partial charge in [0, 0.05) is 25.9 Å². The Hall–Kier alpha value is -2.24. The van der Waals surface area contributed by atoms with E-state index < -0.39 is 34.6 Å². The van der Waals surface area contributed by atoms with Crippen molar-refractivity contribution in [2.45, 2.75) is 37.8 Å². The molecule has 29 heavy (non-hydrogen) atoms. The molecule has 2 aromatic rings. The molecule has 0 radical (unpaired) electrons. The molecule has 0 amide bonds. The molecule has 7 nitrogen and oxygen atoms in total. The Morgan fingerprint density at radius 1 is 1.34 bits per heavy atom. The second-order valence-electron chi connectivity index (χ2n) is 7.14. The Bertz CT molecular complexity index is 1030. The van der Waals surface area contributed by atoms with Gasteiger partial charge in [0.1, 0.15) is 0 Å². The van der Waals surface area contributed by atoms with Crippen LogP contribution in [0, 0.1) is 0 Å². The number of hydrogen-bond acceptors (Lipinski definition) is 7. The molecule has 1 aromatic heterocycles. The standard InChI is InChI=1S/C18H17F3N2O5S/c1-9-8-27-17(28-9)2-4-23(5-3-17)16-22-14(24)11-6-10(18(19,20)21)7-12(15(25)26)13(11)29-16/h6-7,9H,2-5,8H2,1H3,(H,25,26)/t9-/m0/s1. The first-order valence-corrected chi connectivity index (χ1v) is 9.76. The summed E-state index contributed by atoms with van der Waals surface area (Å²) in [7, 11) is 0. The number of carbonyl (C=O) groups is 1. The summed E-state index contributed by atoms with van der Waals surface area (Å²) in [5.74, 6) is -2.20. The number of aromatic carboxylic acids is 1. The van der Waals surface area contributed by atoms with Gasteiger partial charge >= 0.3 is 12.1 Å². The summed E-state index contributed by atoms with van der Waals surface area (Å²) in [6.45, 7) is 3.35. The van der Waals surface area contributed by atoms with Crippen LogP contribution in [0.15, 0.2) is 16.9 Å². The molecule has 3 heterocycles. The molecule has 1 aromatic carbocycles. The molecule has 4 rings (SSSR count). The highest BCUT2D eigenvalue weighted by molar-refractivity contribution is 7.22. The molecular weight excluding hydrogens is 413 g/mol. The van der Waals surface area contributed by atoms with Gasteiger partial charge < -0.3 is 19.5 Å². The number of aromatic nitrogens is 1. The third-order valence-electron chi connectivity index (χ3n) is 5.06. The fourth-order valence-corrected chi connectivity index (χ4v) is 4.76. The summed E-state index contributed by atoms with van der Waals surface area (Å²) in [6.07, 6.45) is -3.70. The Labute approximate surface area is 166 Å². The molecule has 2 aliphatic heterocycles. The third-order valence-corrected chi connectivity index (χ3v) is 6.24. The summed E-state index contributed by atoms with van der Waals surface area (Å²) in [5, 5.41) is 9.32. The van der Waals surface area contributed by atoms with E-state index in [1.807, 2.05) is 6.92 Å². The first kappa shape index (κ1) is 20.0. The average Bonchev–Trinajstić information content (AvgIpc) is 3.00. The van der Waals surface area contributed by atoms with Crippen LogP contribution in [0.4, 0.5) is 18.3 Å². The fraction of sp³-hybridized carbons (Fsp3) is 0.500. The van der Waals surface area contributed by atoms with Crippen molar-refractivity contribution in [2.24, 2.45) is 0 Å². The van der Waals surface area contributed by atoms with E-state index in [-0.39, 0.29) is 21.3 Å². The number of rotatable bonds is 2. The molecule has 1 atom stereocenters. The highest BCUT2D eigenvalue weighted by Crippen LogP contribution is 2.38. The SMILES string of the molecule is C[C@H]1COC2(CCN(c3nc(=O)c4cc(C(F)(F)F)cc(C(=O)O)c4s3)CC2)O1. The number of alkyl halides is 3. The van der Waals surface area contributed by atoms with Gasteiger partial charge in [-0.25, -0.2) is 4.79 Å². The first-order valence-electron chi connectivity index (χ1n) is 8.94. The van der Waals surface area contributed by atoms with E-state index in [9.17, 15) is 27.9 Å². The summed E-state index contributed by atoms with van der Waals surface area (Å²) in [4.78, 5) is 29.7. The number of hydrogen-bond donors (Lipinski definition) is 1. The molecule has 0 unspecified atom stereocenters. The minimum atomic E-state index is -4.77. The number of halogens is 3. The van der Waals surface area contributed by atoms with E-state index in [0.29, 0.717) is 44.7 Å². The summed E-state index contributed by atoms with van der Waals surface area (Å²) in [6, 6.07) is 1.21. The molecule has 2 aliphatic rings. The van der Waals surface area contributed by atoms with Crippen molar-refractivity contribution < 1.29 is 32.5 Å². The van der Waals surface area contributed by atoms with E-state index in [1.165, 1.54) is 0 Å². The molecule has 2 saturated heterocycles. The van der Waals surface area contributed by atoms with E-state index in [0.717, 1.165) is 11.3 Å². The number of nitrogens with zero attached hydrogens (tertiary/aromatic N) is 2. The van der Waals surface area contributed by atoms with Crippen LogP contribution < -0.4 is 10.5 Å². The highest BCUT2D eigenvalue weighted by Gasteiger charge is 2.43. The molecule has 1 spiro atoms. The van der Waals surface area contributed by atoms with E-state index in [4.69, 9.17) is 9.47 Å². The maximum atomic E-state index is 13.1. The number of fused-ring (bicyclic) bond motifs is 1. The molecule has 0 aliphatic carbocycles. The maximum absolute atomic E-state index is 13.1. The van der Waals surface area contributed by atoms with Crippen LogP contribution in [-0.4, -0.2) is 47.6 Å². The number of benzene rings is 1. The first-order chi connectivity index (χ1) is 13.6. The predicted molar refractivity (Wildman–Crippen MR) is 98.5 cm³/mol. The zero-order valence-corrected chi connectivity index (χ0v) is 16.1. The molecule has 11 heteroatoms. The Balaban J connectivity index is 1.71. The van der Waals surface area contributed by atoms with Gasteiger partial charge in [0.15, 0.2) is 10.9 Å². The smallest absolute Gasteiger partial charge is 0.416 e. The van der Waals surface area contributed by atoms with E-state index in [2.05, 4.69) is 4.98 Å². The second-order valence-corrected chi connectivity index (χ2v) is 8.12. The van der Waals surface area contributed by atoms with Crippen molar-refractivity contribution >= 4 is 32.5 Å². The van der Waals surface area contributed by atoms with E-state index in [1.54, 1.807) is 4.90 Å². The van der Waals surface area contributed by atoms with Crippen molar-refractivity contribution in [1.82, 2.24) is 4.98 Å². The summed E-state index contributed by atoms with van der Waals surface area (Å²) < 4.78 is 50.9. The van der Waals surface area contributed by atoms with E-state index >= 15 is 0 Å². The lowest BCUT2D eigenvalue weighted by atomic mass is 10.0. The van der Waals surface area contributed by atoms with Crippen LogP contribution in [0.25, 0.3) is 10.1 Å². The van der Waals surface area contributed by atoms with Gasteiger partial charge in [-0.05, 0) is 19.1 Å².